The first-order chi connectivity index (χ1) is 16.4. The van der Waals surface area contributed by atoms with E-state index in [1.165, 1.54) is 25.3 Å². The average molecular weight is 481 g/mol. The lowest BCUT2D eigenvalue weighted by molar-refractivity contribution is 0.0594. The van der Waals surface area contributed by atoms with Crippen molar-refractivity contribution in [2.45, 2.75) is 23.8 Å². The van der Waals surface area contributed by atoms with E-state index in [1.807, 2.05) is 4.90 Å². The van der Waals surface area contributed by atoms with Crippen LogP contribution >= 0.6 is 0 Å². The zero-order valence-electron chi connectivity index (χ0n) is 18.5. The molecule has 0 spiro atoms. The summed E-state index contributed by atoms with van der Waals surface area (Å²) in [4.78, 5) is 32.0. The maximum atomic E-state index is 13.2. The number of rotatable bonds is 5. The highest BCUT2D eigenvalue weighted by molar-refractivity contribution is 7.92. The largest absolute Gasteiger partial charge is 0.497 e. The third kappa shape index (κ3) is 4.05. The maximum Gasteiger partial charge on any atom is 0.275 e. The summed E-state index contributed by atoms with van der Waals surface area (Å²) in [6.07, 6.45) is 4.07. The van der Waals surface area contributed by atoms with E-state index in [1.54, 1.807) is 47.3 Å². The Balaban J connectivity index is 1.39. The van der Waals surface area contributed by atoms with Gasteiger partial charge in [-0.15, -0.1) is 0 Å². The van der Waals surface area contributed by atoms with E-state index in [2.05, 4.69) is 9.71 Å². The van der Waals surface area contributed by atoms with Crippen molar-refractivity contribution in [3.8, 4) is 5.75 Å². The van der Waals surface area contributed by atoms with Gasteiger partial charge < -0.3 is 14.2 Å². The minimum Gasteiger partial charge on any atom is -0.497 e. The van der Waals surface area contributed by atoms with E-state index in [0.717, 1.165) is 12.1 Å². The minimum atomic E-state index is -3.93. The van der Waals surface area contributed by atoms with Crippen molar-refractivity contribution >= 4 is 21.6 Å². The number of hydrogen-bond donors (Lipinski definition) is 1. The Labute approximate surface area is 197 Å². The first-order valence-corrected chi connectivity index (χ1v) is 12.4. The summed E-state index contributed by atoms with van der Waals surface area (Å²) >= 11 is 0. The summed E-state index contributed by atoms with van der Waals surface area (Å²) in [5, 5.41) is 0. The van der Waals surface area contributed by atoms with Crippen LogP contribution in [0.1, 0.15) is 28.4 Å². The summed E-state index contributed by atoms with van der Waals surface area (Å²) < 4.78 is 34.8. The standard InChI is InChI=1S/C24H24N4O5S/c1-33-19-4-6-20(7-5-19)34(31,32)26-21-8-9-22-18-11-16(14-28(22)24(21)30)13-27(15-18)23(29)17-3-2-10-25-12-17/h2-10,12,16,18,26H,11,13-15H2,1H3/t16-,18-/m1/s1. The summed E-state index contributed by atoms with van der Waals surface area (Å²) in [6.45, 7) is 1.47. The molecule has 9 nitrogen and oxygen atoms in total. The second kappa shape index (κ2) is 8.60. The van der Waals surface area contributed by atoms with Gasteiger partial charge in [0.05, 0.1) is 17.6 Å². The van der Waals surface area contributed by atoms with E-state index in [9.17, 15) is 18.0 Å². The molecule has 4 heterocycles. The minimum absolute atomic E-state index is 0.00262. The number of ether oxygens (including phenoxy) is 1. The van der Waals surface area contributed by atoms with E-state index in [-0.39, 0.29) is 33.9 Å². The van der Waals surface area contributed by atoms with Crippen LogP contribution in [0.4, 0.5) is 5.69 Å². The van der Waals surface area contributed by atoms with Crippen LogP contribution in [-0.4, -0.2) is 49.0 Å². The normalized spacial score (nSPS) is 19.3. The number of amides is 1. The number of aromatic nitrogens is 2. The van der Waals surface area contributed by atoms with Crippen molar-refractivity contribution < 1.29 is 17.9 Å². The van der Waals surface area contributed by atoms with E-state index in [4.69, 9.17) is 4.74 Å². The molecular weight excluding hydrogens is 456 g/mol. The van der Waals surface area contributed by atoms with Crippen LogP contribution in [0.2, 0.25) is 0 Å². The third-order valence-corrected chi connectivity index (χ3v) is 7.80. The molecule has 1 amide bonds. The fourth-order valence-corrected chi connectivity index (χ4v) is 5.88. The summed E-state index contributed by atoms with van der Waals surface area (Å²) in [5.41, 5.74) is 0.986. The summed E-state index contributed by atoms with van der Waals surface area (Å²) in [6, 6.07) is 12.7. The second-order valence-corrected chi connectivity index (χ2v) is 10.3. The van der Waals surface area contributed by atoms with Crippen molar-refractivity contribution in [3.05, 3.63) is 82.5 Å². The third-order valence-electron chi connectivity index (χ3n) is 6.41. The molecule has 5 rings (SSSR count). The predicted octanol–water partition coefficient (Wildman–Crippen LogP) is 2.31. The van der Waals surface area contributed by atoms with Crippen LogP contribution in [0.25, 0.3) is 0 Å². The number of nitrogens with one attached hydrogen (secondary N) is 1. The lowest BCUT2D eigenvalue weighted by atomic mass is 9.83. The van der Waals surface area contributed by atoms with Gasteiger partial charge in [0, 0.05) is 43.6 Å². The average Bonchev–Trinajstić information content (AvgIpc) is 2.86. The Hall–Kier alpha value is -3.66. The van der Waals surface area contributed by atoms with Crippen LogP contribution < -0.4 is 15.0 Å². The van der Waals surface area contributed by atoms with Gasteiger partial charge in [0.2, 0.25) is 0 Å². The van der Waals surface area contributed by atoms with Crippen LogP contribution in [0.15, 0.2) is 70.6 Å². The van der Waals surface area contributed by atoms with Gasteiger partial charge in [0.25, 0.3) is 21.5 Å². The number of sulfonamides is 1. The number of methoxy groups -OCH3 is 1. The van der Waals surface area contributed by atoms with Crippen molar-refractivity contribution in [1.82, 2.24) is 14.5 Å². The quantitative estimate of drug-likeness (QED) is 0.600. The van der Waals surface area contributed by atoms with E-state index >= 15 is 0 Å². The number of hydrogen-bond acceptors (Lipinski definition) is 6. The number of pyridine rings is 2. The molecule has 2 aliphatic heterocycles. The Kier molecular flexibility index (Phi) is 5.60. The molecule has 2 aromatic heterocycles. The number of nitrogens with zero attached hydrogens (tertiary/aromatic N) is 3. The highest BCUT2D eigenvalue weighted by Crippen LogP contribution is 2.36. The molecule has 0 radical (unpaired) electrons. The summed E-state index contributed by atoms with van der Waals surface area (Å²) in [7, 11) is -2.44. The molecule has 2 bridgehead atoms. The maximum absolute atomic E-state index is 13.2. The number of fused-ring (bicyclic) bond motifs is 4. The number of benzene rings is 1. The Morgan fingerprint density at radius 2 is 1.88 bits per heavy atom. The van der Waals surface area contributed by atoms with Crippen molar-refractivity contribution in [2.24, 2.45) is 5.92 Å². The smallest absolute Gasteiger partial charge is 0.275 e. The van der Waals surface area contributed by atoms with Gasteiger partial charge in [-0.25, -0.2) is 8.42 Å². The molecule has 1 aromatic carbocycles. The van der Waals surface area contributed by atoms with Crippen molar-refractivity contribution in [3.63, 3.8) is 0 Å². The lowest BCUT2D eigenvalue weighted by Crippen LogP contribution is -2.49. The Bertz CT molecular complexity index is 1390. The predicted molar refractivity (Wildman–Crippen MR) is 125 cm³/mol. The number of anilines is 1. The number of likely N-dealkylation sites (tertiary alicyclic amines) is 1. The molecule has 1 N–H and O–H groups in total. The first kappa shape index (κ1) is 22.1. The molecular formula is C24H24N4O5S. The van der Waals surface area contributed by atoms with E-state index < -0.39 is 10.0 Å². The van der Waals surface area contributed by atoms with Gasteiger partial charge in [-0.05, 0) is 60.9 Å². The zero-order chi connectivity index (χ0) is 23.9. The second-order valence-electron chi connectivity index (χ2n) is 8.62. The molecule has 3 aromatic rings. The van der Waals surface area contributed by atoms with E-state index in [0.29, 0.717) is 30.9 Å². The lowest BCUT2D eigenvalue weighted by Gasteiger charge is -2.42. The number of carbonyl (C=O) groups is 1. The van der Waals surface area contributed by atoms with Crippen LogP contribution in [-0.2, 0) is 16.6 Å². The Morgan fingerprint density at radius 3 is 2.59 bits per heavy atom. The monoisotopic (exact) mass is 480 g/mol. The fourth-order valence-electron chi connectivity index (χ4n) is 4.82. The molecule has 34 heavy (non-hydrogen) atoms. The fraction of sp³-hybridized carbons (Fsp3) is 0.292. The van der Waals surface area contributed by atoms with Gasteiger partial charge in [-0.2, -0.15) is 0 Å². The van der Waals surface area contributed by atoms with Gasteiger partial charge in [-0.3, -0.25) is 19.3 Å². The molecule has 1 saturated heterocycles. The van der Waals surface area contributed by atoms with Gasteiger partial charge in [0.15, 0.2) is 0 Å². The molecule has 0 aliphatic carbocycles. The highest BCUT2D eigenvalue weighted by atomic mass is 32.2. The number of carbonyl (C=O) groups excluding carboxylic acids is 1. The zero-order valence-corrected chi connectivity index (χ0v) is 19.4. The topological polar surface area (TPSA) is 111 Å². The van der Waals surface area contributed by atoms with Crippen LogP contribution in [0, 0.1) is 5.92 Å². The molecule has 0 saturated carbocycles. The highest BCUT2D eigenvalue weighted by Gasteiger charge is 2.37. The SMILES string of the molecule is COc1ccc(S(=O)(=O)Nc2ccc3n(c2=O)C[C@@H]2C[C@@H]3CN(C(=O)c3cccnc3)C2)cc1. The molecule has 2 atom stereocenters. The Morgan fingerprint density at radius 1 is 1.09 bits per heavy atom. The molecule has 2 aliphatic rings. The number of piperidine rings is 1. The first-order valence-electron chi connectivity index (χ1n) is 11.0. The molecule has 1 fully saturated rings. The molecule has 176 valence electrons. The summed E-state index contributed by atoms with van der Waals surface area (Å²) in [5.74, 6) is 0.587. The van der Waals surface area contributed by atoms with Gasteiger partial charge in [0.1, 0.15) is 11.4 Å². The molecule has 0 unspecified atom stereocenters. The van der Waals surface area contributed by atoms with Crippen molar-refractivity contribution in [1.29, 1.82) is 0 Å². The van der Waals surface area contributed by atoms with Crippen LogP contribution in [0.3, 0.4) is 0 Å². The molecule has 10 heteroatoms. The van der Waals surface area contributed by atoms with Crippen molar-refractivity contribution in [2.75, 3.05) is 24.9 Å². The van der Waals surface area contributed by atoms with Gasteiger partial charge in [-0.1, -0.05) is 0 Å². The van der Waals surface area contributed by atoms with Crippen LogP contribution in [0.5, 0.6) is 5.75 Å². The van der Waals surface area contributed by atoms with Gasteiger partial charge >= 0.3 is 0 Å².